The number of nitrogen functional groups attached to an aromatic ring is 2. The number of fused-ring (bicyclic) bond motifs is 4. The summed E-state index contributed by atoms with van der Waals surface area (Å²) in [6.07, 6.45) is 15.8. The number of pyridine rings is 2. The van der Waals surface area contributed by atoms with Gasteiger partial charge >= 0.3 is 5.69 Å². The number of nitrogens with zero attached hydrogens (tertiary/aromatic N) is 10. The molecule has 2 saturated carbocycles. The third-order valence-corrected chi connectivity index (χ3v) is 13.9. The minimum Gasteiger partial charge on any atom is -0.383 e. The molecule has 10 rings (SSSR count). The van der Waals surface area contributed by atoms with Crippen molar-refractivity contribution in [1.82, 2.24) is 39.2 Å². The Morgan fingerprint density at radius 3 is 1.95 bits per heavy atom. The van der Waals surface area contributed by atoms with Crippen LogP contribution in [0.25, 0.3) is 60.2 Å². The largest absolute Gasteiger partial charge is 0.383 e. The SMILES string of the molecule is N#CCC1CCC(c2nc3c(-c4cnc5ccc([N+]#CCC6CCC(c7nc8c(-c9cnc%10ccccc%10c9)cnn8c(N)c7Br)CC6)cc5c4)cnn3c(N)c2Br)C1. The number of nitrogens with two attached hydrogens (primary N) is 2. The van der Waals surface area contributed by atoms with Gasteiger partial charge in [0.1, 0.15) is 11.6 Å². The normalized spacial score (nSPS) is 19.3. The van der Waals surface area contributed by atoms with Crippen molar-refractivity contribution in [2.75, 3.05) is 11.5 Å². The Kier molecular flexibility index (Phi) is 9.70. The monoisotopic (exact) mass is 905 g/mol. The Balaban J connectivity index is 0.840. The maximum absolute atomic E-state index is 9.24. The first-order chi connectivity index (χ1) is 28.8. The van der Waals surface area contributed by atoms with E-state index in [1.54, 1.807) is 15.2 Å². The maximum atomic E-state index is 9.24. The average Bonchev–Trinajstić information content (AvgIpc) is 4.03. The highest BCUT2D eigenvalue weighted by molar-refractivity contribution is 9.11. The summed E-state index contributed by atoms with van der Waals surface area (Å²) >= 11 is 7.48. The Labute approximate surface area is 356 Å². The number of benzene rings is 2. The molecule has 2 fully saturated rings. The van der Waals surface area contributed by atoms with Crippen LogP contribution in [-0.4, -0.2) is 39.2 Å². The fraction of sp³-hybridized carbons (Fsp3) is 0.289. The molecule has 4 N–H and O–H groups in total. The molecule has 2 aliphatic rings. The lowest BCUT2D eigenvalue weighted by atomic mass is 9.79. The third-order valence-electron chi connectivity index (χ3n) is 12.3. The summed E-state index contributed by atoms with van der Waals surface area (Å²) in [6, 6.07) is 24.1. The molecule has 14 heteroatoms. The molecule has 59 heavy (non-hydrogen) atoms. The first kappa shape index (κ1) is 37.3. The summed E-state index contributed by atoms with van der Waals surface area (Å²) < 4.78 is 4.99. The fourth-order valence-corrected chi connectivity index (χ4v) is 10.2. The quantitative estimate of drug-likeness (QED) is 0.165. The van der Waals surface area contributed by atoms with Gasteiger partial charge in [-0.25, -0.2) is 9.97 Å². The van der Waals surface area contributed by atoms with Crippen LogP contribution in [0.5, 0.6) is 0 Å². The lowest BCUT2D eigenvalue weighted by Crippen LogP contribution is -2.16. The van der Waals surface area contributed by atoms with Gasteiger partial charge in [-0.2, -0.15) is 24.5 Å². The maximum Gasteiger partial charge on any atom is 0.340 e. The van der Waals surface area contributed by atoms with E-state index in [2.05, 4.69) is 83.4 Å². The summed E-state index contributed by atoms with van der Waals surface area (Å²) in [7, 11) is 0. The summed E-state index contributed by atoms with van der Waals surface area (Å²) in [6.45, 7) is 0. The van der Waals surface area contributed by atoms with Crippen LogP contribution in [0.3, 0.4) is 0 Å². The van der Waals surface area contributed by atoms with Crippen molar-refractivity contribution in [2.45, 2.75) is 69.6 Å². The number of hydrogen-bond acceptors (Lipinski definition) is 9. The topological polar surface area (TPSA) is 166 Å². The molecule has 2 aromatic carbocycles. The lowest BCUT2D eigenvalue weighted by Gasteiger charge is -2.27. The molecule has 6 heterocycles. The number of anilines is 2. The van der Waals surface area contributed by atoms with E-state index in [1.807, 2.05) is 48.9 Å². The molecule has 0 bridgehead atoms. The van der Waals surface area contributed by atoms with Crippen LogP contribution >= 0.6 is 31.9 Å². The Bertz CT molecular complexity index is 3060. The molecule has 0 radical (unpaired) electrons. The molecule has 2 unspecified atom stereocenters. The van der Waals surface area contributed by atoms with Gasteiger partial charge in [0.25, 0.3) is 6.07 Å². The highest BCUT2D eigenvalue weighted by Crippen LogP contribution is 2.44. The zero-order valence-electron chi connectivity index (χ0n) is 32.1. The highest BCUT2D eigenvalue weighted by atomic mass is 79.9. The molecule has 6 aromatic heterocycles. The minimum absolute atomic E-state index is 0.240. The predicted octanol–water partition coefficient (Wildman–Crippen LogP) is 11.0. The van der Waals surface area contributed by atoms with Crippen LogP contribution in [0.1, 0.15) is 81.0 Å². The van der Waals surface area contributed by atoms with Gasteiger partial charge in [0, 0.05) is 75.8 Å². The van der Waals surface area contributed by atoms with E-state index in [1.165, 1.54) is 0 Å². The number of para-hydroxylation sites is 1. The van der Waals surface area contributed by atoms with Crippen LogP contribution in [0.2, 0.25) is 0 Å². The Morgan fingerprint density at radius 1 is 0.678 bits per heavy atom. The van der Waals surface area contributed by atoms with Crippen LogP contribution in [-0.2, 0) is 0 Å². The van der Waals surface area contributed by atoms with Crippen LogP contribution in [0, 0.1) is 29.2 Å². The minimum atomic E-state index is 0.240. The van der Waals surface area contributed by atoms with Crippen molar-refractivity contribution in [3.8, 4) is 34.4 Å². The number of nitriles is 1. The van der Waals surface area contributed by atoms with Gasteiger partial charge in [0.2, 0.25) is 0 Å². The predicted molar refractivity (Wildman–Crippen MR) is 238 cm³/mol. The van der Waals surface area contributed by atoms with E-state index in [0.717, 1.165) is 127 Å². The van der Waals surface area contributed by atoms with Crippen molar-refractivity contribution >= 4 is 82.3 Å². The number of rotatable bonds is 6. The second-order valence-corrected chi connectivity index (χ2v) is 17.5. The third kappa shape index (κ3) is 6.84. The van der Waals surface area contributed by atoms with Gasteiger partial charge in [-0.05, 0) is 118 Å². The molecular weight excluding hydrogens is 868 g/mol. The van der Waals surface area contributed by atoms with E-state index in [0.29, 0.717) is 35.5 Å². The fourth-order valence-electron chi connectivity index (χ4n) is 9.07. The molecule has 0 amide bonds. The smallest absolute Gasteiger partial charge is 0.340 e. The van der Waals surface area contributed by atoms with Gasteiger partial charge in [0.15, 0.2) is 11.3 Å². The van der Waals surface area contributed by atoms with E-state index < -0.39 is 0 Å². The van der Waals surface area contributed by atoms with E-state index >= 15 is 0 Å². The highest BCUT2D eigenvalue weighted by Gasteiger charge is 2.31. The molecule has 0 saturated heterocycles. The molecule has 292 valence electrons. The average molecular weight is 908 g/mol. The lowest BCUT2D eigenvalue weighted by molar-refractivity contribution is 0.327. The van der Waals surface area contributed by atoms with Crippen molar-refractivity contribution in [3.05, 3.63) is 105 Å². The van der Waals surface area contributed by atoms with E-state index in [9.17, 15) is 5.26 Å². The molecule has 0 aliphatic heterocycles. The van der Waals surface area contributed by atoms with Gasteiger partial charge in [0.05, 0.1) is 56.3 Å². The number of aromatic nitrogens is 8. The van der Waals surface area contributed by atoms with Crippen molar-refractivity contribution in [1.29, 1.82) is 5.26 Å². The van der Waals surface area contributed by atoms with Gasteiger partial charge < -0.3 is 11.5 Å². The summed E-state index contributed by atoms with van der Waals surface area (Å²) in [4.78, 5) is 24.5. The van der Waals surface area contributed by atoms with Crippen molar-refractivity contribution in [3.63, 3.8) is 0 Å². The molecule has 0 spiro atoms. The van der Waals surface area contributed by atoms with Gasteiger partial charge in [-0.3, -0.25) is 9.97 Å². The zero-order chi connectivity index (χ0) is 40.2. The second kappa shape index (κ2) is 15.3. The number of hydrogen-bond donors (Lipinski definition) is 2. The van der Waals surface area contributed by atoms with Crippen molar-refractivity contribution in [2.24, 2.45) is 11.8 Å². The van der Waals surface area contributed by atoms with Gasteiger partial charge in [-0.15, -0.1) is 0 Å². The van der Waals surface area contributed by atoms with Crippen LogP contribution in [0.4, 0.5) is 17.3 Å². The van der Waals surface area contributed by atoms with E-state index in [-0.39, 0.29) is 11.8 Å². The Morgan fingerprint density at radius 2 is 1.27 bits per heavy atom. The van der Waals surface area contributed by atoms with Crippen LogP contribution in [0.15, 0.2) is 88.3 Å². The molecule has 8 aromatic rings. The molecule has 2 atom stereocenters. The van der Waals surface area contributed by atoms with Gasteiger partial charge in [-0.1, -0.05) is 18.2 Å². The second-order valence-electron chi connectivity index (χ2n) is 15.9. The molecular formula is C45H39Br2N12+. The van der Waals surface area contributed by atoms with Crippen molar-refractivity contribution < 1.29 is 0 Å². The molecule has 2 aliphatic carbocycles. The number of halogens is 2. The zero-order valence-corrected chi connectivity index (χ0v) is 35.2. The van der Waals surface area contributed by atoms with E-state index in [4.69, 9.17) is 31.3 Å². The Hall–Kier alpha value is -5.96. The molecule has 12 nitrogen and oxygen atoms in total. The summed E-state index contributed by atoms with van der Waals surface area (Å²) in [5.41, 5.74) is 22.9. The van der Waals surface area contributed by atoms with Crippen LogP contribution < -0.4 is 11.5 Å². The summed E-state index contributed by atoms with van der Waals surface area (Å²) in [5.74, 6) is 2.47. The first-order valence-corrected chi connectivity index (χ1v) is 21.6. The first-order valence-electron chi connectivity index (χ1n) is 20.0. The standard InChI is InChI=1S/C45H39Br2N12/c46-38-40(56-44-34(23-54-58(44)42(38)49)31-18-28-3-1-2-4-36(28)52-21-31)27-8-5-25(6-9-27)14-16-51-33-11-12-37-30(20-33)19-32(22-53-37)35-24-55-59-43(50)39(47)41(57-45(35)59)29-10-7-26(17-29)13-15-48/h1-4,11-12,18-27,29H,5-10,13-14,17,49-50H2/q+1. The summed E-state index contributed by atoms with van der Waals surface area (Å²) in [5, 5.41) is 20.5.